The smallest absolute Gasteiger partial charge is 0.247 e. The van der Waals surface area contributed by atoms with Crippen LogP contribution in [0.4, 0.5) is 10.8 Å². The van der Waals surface area contributed by atoms with E-state index in [1.807, 2.05) is 64.0 Å². The van der Waals surface area contributed by atoms with Gasteiger partial charge in [0.05, 0.1) is 12.6 Å². The van der Waals surface area contributed by atoms with Crippen LogP contribution in [-0.4, -0.2) is 42.3 Å². The highest BCUT2D eigenvalue weighted by Crippen LogP contribution is 2.20. The van der Waals surface area contributed by atoms with Crippen LogP contribution < -0.4 is 15.6 Å². The number of carbonyl (C=O) groups excluding carboxylic acids is 2. The predicted octanol–water partition coefficient (Wildman–Crippen LogP) is 2.28. The van der Waals surface area contributed by atoms with E-state index in [2.05, 4.69) is 26.0 Å². The second-order valence-electron chi connectivity index (χ2n) is 7.16. The van der Waals surface area contributed by atoms with Gasteiger partial charge in [0, 0.05) is 25.2 Å². The zero-order chi connectivity index (χ0) is 20.0. The van der Waals surface area contributed by atoms with Gasteiger partial charge < -0.3 is 10.2 Å². The molecule has 1 aromatic carbocycles. The molecule has 0 bridgehead atoms. The number of amides is 2. The number of nitrogens with one attached hydrogen (secondary N) is 2. The standard InChI is InChI=1S/C18H24N6O2S/c1-18(2,3)16(26)20-17-23-22-15(27-17)10-14(25)21-19-11-12-6-8-13(9-7-12)24(4)5/h6-9,11H,10H2,1-5H3,(H,21,25)(H,20,23,26)/b19-11-. The molecule has 0 aliphatic carbocycles. The van der Waals surface area contributed by atoms with E-state index in [0.717, 1.165) is 11.3 Å². The molecule has 0 fully saturated rings. The molecule has 1 heterocycles. The Hall–Kier alpha value is -2.81. The van der Waals surface area contributed by atoms with E-state index in [-0.39, 0.29) is 18.2 Å². The number of hydrazone groups is 1. The van der Waals surface area contributed by atoms with Crippen LogP contribution in [0.3, 0.4) is 0 Å². The van der Waals surface area contributed by atoms with Gasteiger partial charge in [-0.2, -0.15) is 5.10 Å². The van der Waals surface area contributed by atoms with Crippen molar-refractivity contribution in [2.24, 2.45) is 10.5 Å². The average molecular weight is 388 g/mol. The maximum atomic E-state index is 12.0. The molecule has 2 N–H and O–H groups in total. The lowest BCUT2D eigenvalue weighted by Crippen LogP contribution is -2.27. The Labute approximate surface area is 162 Å². The molecule has 2 rings (SSSR count). The van der Waals surface area contributed by atoms with Crippen LogP contribution in [0.15, 0.2) is 29.4 Å². The van der Waals surface area contributed by atoms with Crippen LogP contribution in [-0.2, 0) is 16.0 Å². The molecule has 0 saturated carbocycles. The van der Waals surface area contributed by atoms with E-state index < -0.39 is 5.41 Å². The fourth-order valence-electron chi connectivity index (χ4n) is 1.87. The summed E-state index contributed by atoms with van der Waals surface area (Å²) >= 11 is 1.17. The number of rotatable bonds is 6. The molecule has 0 saturated heterocycles. The van der Waals surface area contributed by atoms with Crippen LogP contribution in [0.2, 0.25) is 0 Å². The number of benzene rings is 1. The number of hydrogen-bond donors (Lipinski definition) is 2. The van der Waals surface area contributed by atoms with E-state index in [1.165, 1.54) is 11.3 Å². The van der Waals surface area contributed by atoms with Crippen LogP contribution >= 0.6 is 11.3 Å². The molecule has 8 nitrogen and oxygen atoms in total. The molecule has 0 unspecified atom stereocenters. The largest absolute Gasteiger partial charge is 0.378 e. The highest BCUT2D eigenvalue weighted by atomic mass is 32.1. The molecule has 0 aliphatic heterocycles. The van der Waals surface area contributed by atoms with Crippen LogP contribution in [0.25, 0.3) is 0 Å². The first-order valence-corrected chi connectivity index (χ1v) is 9.20. The van der Waals surface area contributed by atoms with Crippen molar-refractivity contribution >= 4 is 40.2 Å². The van der Waals surface area contributed by atoms with Gasteiger partial charge in [0.15, 0.2) is 0 Å². The first-order valence-electron chi connectivity index (χ1n) is 8.38. The Balaban J connectivity index is 1.84. The zero-order valence-corrected chi connectivity index (χ0v) is 16.9. The van der Waals surface area contributed by atoms with Crippen molar-refractivity contribution in [1.29, 1.82) is 0 Å². The second kappa shape index (κ2) is 8.72. The highest BCUT2D eigenvalue weighted by Gasteiger charge is 2.22. The summed E-state index contributed by atoms with van der Waals surface area (Å²) in [6.07, 6.45) is 1.62. The van der Waals surface area contributed by atoms with Crippen molar-refractivity contribution in [3.8, 4) is 0 Å². The Morgan fingerprint density at radius 3 is 2.44 bits per heavy atom. The van der Waals surface area contributed by atoms with E-state index >= 15 is 0 Å². The monoisotopic (exact) mass is 388 g/mol. The summed E-state index contributed by atoms with van der Waals surface area (Å²) < 4.78 is 0. The Morgan fingerprint density at radius 2 is 1.85 bits per heavy atom. The lowest BCUT2D eigenvalue weighted by molar-refractivity contribution is -0.123. The molecule has 1 aromatic heterocycles. The van der Waals surface area contributed by atoms with Crippen molar-refractivity contribution in [3.63, 3.8) is 0 Å². The van der Waals surface area contributed by atoms with Crippen molar-refractivity contribution in [2.75, 3.05) is 24.3 Å². The summed E-state index contributed by atoms with van der Waals surface area (Å²) in [4.78, 5) is 25.9. The summed E-state index contributed by atoms with van der Waals surface area (Å²) in [7, 11) is 3.94. The molecule has 0 radical (unpaired) electrons. The van der Waals surface area contributed by atoms with Gasteiger partial charge in [-0.25, -0.2) is 5.43 Å². The van der Waals surface area contributed by atoms with E-state index in [1.54, 1.807) is 6.21 Å². The quantitative estimate of drug-likeness (QED) is 0.584. The highest BCUT2D eigenvalue weighted by molar-refractivity contribution is 7.15. The van der Waals surface area contributed by atoms with Crippen molar-refractivity contribution < 1.29 is 9.59 Å². The van der Waals surface area contributed by atoms with E-state index in [0.29, 0.717) is 10.1 Å². The summed E-state index contributed by atoms with van der Waals surface area (Å²) in [5.74, 6) is -0.458. The number of nitrogens with zero attached hydrogens (tertiary/aromatic N) is 4. The summed E-state index contributed by atoms with van der Waals surface area (Å²) in [5.41, 5.74) is 3.90. The minimum Gasteiger partial charge on any atom is -0.378 e. The van der Waals surface area contributed by atoms with Crippen LogP contribution in [0.5, 0.6) is 0 Å². The summed E-state index contributed by atoms with van der Waals surface area (Å²) in [5, 5.41) is 15.3. The van der Waals surface area contributed by atoms with Gasteiger partial charge >= 0.3 is 0 Å². The Kier molecular flexibility index (Phi) is 6.62. The fraction of sp³-hybridized carbons (Fsp3) is 0.389. The number of anilines is 2. The average Bonchev–Trinajstić information content (AvgIpc) is 3.01. The summed E-state index contributed by atoms with van der Waals surface area (Å²) in [6.45, 7) is 5.43. The summed E-state index contributed by atoms with van der Waals surface area (Å²) in [6, 6.07) is 7.77. The van der Waals surface area contributed by atoms with Gasteiger partial charge in [-0.3, -0.25) is 9.59 Å². The number of hydrogen-bond acceptors (Lipinski definition) is 7. The third-order valence-electron chi connectivity index (χ3n) is 3.49. The molecular weight excluding hydrogens is 364 g/mol. The molecule has 9 heteroatoms. The molecule has 0 aliphatic rings. The molecule has 2 aromatic rings. The van der Waals surface area contributed by atoms with Crippen LogP contribution in [0, 0.1) is 5.41 Å². The van der Waals surface area contributed by atoms with Gasteiger partial charge in [0.2, 0.25) is 16.9 Å². The lowest BCUT2D eigenvalue weighted by atomic mass is 9.96. The Morgan fingerprint density at radius 1 is 1.19 bits per heavy atom. The fourth-order valence-corrected chi connectivity index (χ4v) is 2.61. The third-order valence-corrected chi connectivity index (χ3v) is 4.33. The molecule has 2 amide bonds. The first-order chi connectivity index (χ1) is 12.6. The zero-order valence-electron chi connectivity index (χ0n) is 16.1. The van der Waals surface area contributed by atoms with E-state index in [9.17, 15) is 9.59 Å². The molecule has 144 valence electrons. The number of carbonyl (C=O) groups is 2. The molecular formula is C18H24N6O2S. The topological polar surface area (TPSA) is 99.6 Å². The van der Waals surface area contributed by atoms with Gasteiger partial charge in [-0.15, -0.1) is 10.2 Å². The number of aromatic nitrogens is 2. The lowest BCUT2D eigenvalue weighted by Gasteiger charge is -2.15. The minimum absolute atomic E-state index is 0.0416. The third kappa shape index (κ3) is 6.45. The van der Waals surface area contributed by atoms with Crippen LogP contribution in [0.1, 0.15) is 31.3 Å². The molecule has 27 heavy (non-hydrogen) atoms. The van der Waals surface area contributed by atoms with E-state index in [4.69, 9.17) is 0 Å². The minimum atomic E-state index is -0.525. The van der Waals surface area contributed by atoms with Gasteiger partial charge in [0.1, 0.15) is 5.01 Å². The Bertz CT molecular complexity index is 821. The normalized spacial score (nSPS) is 11.4. The maximum absolute atomic E-state index is 12.0. The molecule has 0 spiro atoms. The van der Waals surface area contributed by atoms with Crippen molar-refractivity contribution in [2.45, 2.75) is 27.2 Å². The first kappa shape index (κ1) is 20.5. The van der Waals surface area contributed by atoms with Gasteiger partial charge in [-0.05, 0) is 17.7 Å². The van der Waals surface area contributed by atoms with Crippen molar-refractivity contribution in [1.82, 2.24) is 15.6 Å². The second-order valence-corrected chi connectivity index (χ2v) is 8.22. The maximum Gasteiger partial charge on any atom is 0.247 e. The van der Waals surface area contributed by atoms with Gasteiger partial charge in [0.25, 0.3) is 0 Å². The van der Waals surface area contributed by atoms with Crippen molar-refractivity contribution in [3.05, 3.63) is 34.8 Å². The van der Waals surface area contributed by atoms with Gasteiger partial charge in [-0.1, -0.05) is 44.2 Å². The molecule has 0 atom stereocenters. The predicted molar refractivity (Wildman–Crippen MR) is 108 cm³/mol. The SMILES string of the molecule is CN(C)c1ccc(/C=N\NC(=O)Cc2nnc(NC(=O)C(C)(C)C)s2)cc1.